The van der Waals surface area contributed by atoms with Crippen molar-refractivity contribution in [2.75, 3.05) is 9.96 Å². The van der Waals surface area contributed by atoms with Gasteiger partial charge in [-0.1, -0.05) is 60.7 Å². The van der Waals surface area contributed by atoms with E-state index in [9.17, 15) is 9.59 Å². The summed E-state index contributed by atoms with van der Waals surface area (Å²) >= 11 is 2.15. The van der Waals surface area contributed by atoms with Crippen LogP contribution in [0.15, 0.2) is 84.9 Å². The number of carbonyl (C=O) groups excluding carboxylic acids is 2. The van der Waals surface area contributed by atoms with Crippen LogP contribution in [0.2, 0.25) is 0 Å². The standard InChI is InChI=1S/C23H17IN2O3/c24-17-13-7-8-14-18(17)25-22(27)19-20(15-9-3-1-4-10-15)26(29-21(19)23(25)28)16-11-5-2-6-12-16/h1-14,19-21H/t19-,20-,21-/m1/s1. The van der Waals surface area contributed by atoms with Crippen LogP contribution in [0, 0.1) is 9.49 Å². The van der Waals surface area contributed by atoms with Crippen LogP contribution in [-0.4, -0.2) is 17.9 Å². The normalized spacial score (nSPS) is 23.6. The summed E-state index contributed by atoms with van der Waals surface area (Å²) < 4.78 is 0.850. The smallest absolute Gasteiger partial charge is 0.266 e. The van der Waals surface area contributed by atoms with Gasteiger partial charge in [-0.25, -0.2) is 9.96 Å². The summed E-state index contributed by atoms with van der Waals surface area (Å²) in [5.74, 6) is -1.15. The molecule has 0 N–H and O–H groups in total. The lowest BCUT2D eigenvalue weighted by Crippen LogP contribution is -2.37. The van der Waals surface area contributed by atoms with Crippen LogP contribution in [0.5, 0.6) is 0 Å². The van der Waals surface area contributed by atoms with Crippen LogP contribution in [0.1, 0.15) is 11.6 Å². The first kappa shape index (κ1) is 18.3. The van der Waals surface area contributed by atoms with E-state index in [1.165, 1.54) is 4.90 Å². The van der Waals surface area contributed by atoms with Gasteiger partial charge in [-0.05, 0) is 52.4 Å². The number of hydroxylamine groups is 1. The first-order valence-electron chi connectivity index (χ1n) is 9.35. The molecule has 0 aliphatic carbocycles. The fraction of sp³-hybridized carbons (Fsp3) is 0.130. The SMILES string of the molecule is O=C1[C@@H]2[C@@H](c3ccccc3)N(c3ccccc3)O[C@H]2C(=O)N1c1ccccc1I. The largest absolute Gasteiger partial charge is 0.273 e. The number of para-hydroxylation sites is 2. The maximum atomic E-state index is 13.5. The first-order chi connectivity index (χ1) is 14.2. The van der Waals surface area contributed by atoms with Gasteiger partial charge in [-0.2, -0.15) is 0 Å². The van der Waals surface area contributed by atoms with Crippen molar-refractivity contribution >= 4 is 45.8 Å². The van der Waals surface area contributed by atoms with E-state index in [2.05, 4.69) is 22.6 Å². The Kier molecular flexibility index (Phi) is 4.60. The summed E-state index contributed by atoms with van der Waals surface area (Å²) in [5.41, 5.74) is 2.37. The average Bonchev–Trinajstić information content (AvgIpc) is 3.26. The van der Waals surface area contributed by atoms with Gasteiger partial charge >= 0.3 is 0 Å². The minimum Gasteiger partial charge on any atom is -0.273 e. The summed E-state index contributed by atoms with van der Waals surface area (Å²) in [4.78, 5) is 34.2. The number of imide groups is 1. The van der Waals surface area contributed by atoms with Crippen LogP contribution in [0.25, 0.3) is 0 Å². The van der Waals surface area contributed by atoms with Gasteiger partial charge in [0.05, 0.1) is 17.4 Å². The van der Waals surface area contributed by atoms with Crippen molar-refractivity contribution in [1.82, 2.24) is 0 Å². The van der Waals surface area contributed by atoms with Crippen molar-refractivity contribution in [3.8, 4) is 0 Å². The maximum absolute atomic E-state index is 13.5. The van der Waals surface area contributed by atoms with Gasteiger partial charge in [-0.3, -0.25) is 14.4 Å². The minimum absolute atomic E-state index is 0.226. The molecule has 2 saturated heterocycles. The minimum atomic E-state index is -0.844. The summed E-state index contributed by atoms with van der Waals surface area (Å²) in [6.07, 6.45) is -0.844. The quantitative estimate of drug-likeness (QED) is 0.400. The fourth-order valence-electron chi connectivity index (χ4n) is 4.07. The number of fused-ring (bicyclic) bond motifs is 1. The summed E-state index contributed by atoms with van der Waals surface area (Å²) in [5, 5.41) is 1.72. The van der Waals surface area contributed by atoms with Gasteiger partial charge in [0.2, 0.25) is 5.91 Å². The van der Waals surface area contributed by atoms with E-state index in [1.807, 2.05) is 78.9 Å². The third-order valence-electron chi connectivity index (χ3n) is 5.36. The Hall–Kier alpha value is -2.71. The van der Waals surface area contributed by atoms with E-state index < -0.39 is 12.0 Å². The van der Waals surface area contributed by atoms with Crippen LogP contribution >= 0.6 is 22.6 Å². The zero-order valence-electron chi connectivity index (χ0n) is 15.3. The topological polar surface area (TPSA) is 49.9 Å². The zero-order chi connectivity index (χ0) is 20.0. The molecule has 0 saturated carbocycles. The van der Waals surface area contributed by atoms with Crippen molar-refractivity contribution < 1.29 is 14.4 Å². The molecule has 0 aromatic heterocycles. The molecule has 144 valence electrons. The molecule has 6 heteroatoms. The van der Waals surface area contributed by atoms with Crippen molar-refractivity contribution in [3.63, 3.8) is 0 Å². The van der Waals surface area contributed by atoms with E-state index in [-0.39, 0.29) is 17.9 Å². The van der Waals surface area contributed by atoms with E-state index in [0.29, 0.717) is 5.69 Å². The van der Waals surface area contributed by atoms with Crippen molar-refractivity contribution in [2.45, 2.75) is 12.1 Å². The van der Waals surface area contributed by atoms with Crippen LogP contribution in [0.4, 0.5) is 11.4 Å². The summed E-state index contributed by atoms with van der Waals surface area (Å²) in [7, 11) is 0. The predicted octanol–water partition coefficient (Wildman–Crippen LogP) is 4.34. The lowest BCUT2D eigenvalue weighted by Gasteiger charge is -2.28. The summed E-state index contributed by atoms with van der Waals surface area (Å²) in [6.45, 7) is 0. The van der Waals surface area contributed by atoms with Gasteiger partial charge in [0.1, 0.15) is 5.92 Å². The Bertz CT molecular complexity index is 1070. The second kappa shape index (κ2) is 7.27. The van der Waals surface area contributed by atoms with Crippen molar-refractivity contribution in [2.24, 2.45) is 5.92 Å². The Balaban J connectivity index is 1.60. The number of rotatable bonds is 3. The average molecular weight is 496 g/mol. The highest BCUT2D eigenvalue weighted by molar-refractivity contribution is 14.1. The molecule has 29 heavy (non-hydrogen) atoms. The van der Waals surface area contributed by atoms with E-state index in [0.717, 1.165) is 14.8 Å². The van der Waals surface area contributed by atoms with E-state index in [4.69, 9.17) is 4.84 Å². The molecular weight excluding hydrogens is 479 g/mol. The number of carbonyl (C=O) groups is 2. The van der Waals surface area contributed by atoms with Crippen molar-refractivity contribution in [1.29, 1.82) is 0 Å². The number of anilines is 2. The number of halogens is 1. The van der Waals surface area contributed by atoms with Gasteiger partial charge < -0.3 is 0 Å². The third kappa shape index (κ3) is 2.94. The molecule has 0 bridgehead atoms. The summed E-state index contributed by atoms with van der Waals surface area (Å²) in [6, 6.07) is 26.4. The molecule has 3 atom stereocenters. The van der Waals surface area contributed by atoms with Crippen LogP contribution < -0.4 is 9.96 Å². The molecule has 0 spiro atoms. The Morgan fingerprint density at radius 3 is 2.07 bits per heavy atom. The Morgan fingerprint density at radius 1 is 0.759 bits per heavy atom. The number of hydrogen-bond donors (Lipinski definition) is 0. The Morgan fingerprint density at radius 2 is 1.38 bits per heavy atom. The lowest BCUT2D eigenvalue weighted by atomic mass is 9.90. The molecule has 5 rings (SSSR count). The predicted molar refractivity (Wildman–Crippen MR) is 118 cm³/mol. The lowest BCUT2D eigenvalue weighted by molar-refractivity contribution is -0.126. The van der Waals surface area contributed by atoms with Gasteiger partial charge in [0.25, 0.3) is 5.91 Å². The maximum Gasteiger partial charge on any atom is 0.266 e. The fourth-order valence-corrected chi connectivity index (χ4v) is 4.70. The van der Waals surface area contributed by atoms with Gasteiger partial charge in [-0.15, -0.1) is 0 Å². The Labute approximate surface area is 182 Å². The number of nitrogens with zero attached hydrogens (tertiary/aromatic N) is 2. The highest BCUT2D eigenvalue weighted by atomic mass is 127. The molecule has 0 radical (unpaired) electrons. The highest BCUT2D eigenvalue weighted by Gasteiger charge is 2.60. The second-order valence-electron chi connectivity index (χ2n) is 7.03. The van der Waals surface area contributed by atoms with Gasteiger partial charge in [0, 0.05) is 3.57 Å². The molecule has 2 aliphatic heterocycles. The molecule has 2 amide bonds. The first-order valence-corrected chi connectivity index (χ1v) is 10.4. The van der Waals surface area contributed by atoms with Gasteiger partial charge in [0.15, 0.2) is 6.10 Å². The molecule has 2 fully saturated rings. The molecule has 3 aromatic rings. The molecular formula is C23H17IN2O3. The second-order valence-corrected chi connectivity index (χ2v) is 8.19. The molecule has 3 aromatic carbocycles. The number of hydrogen-bond acceptors (Lipinski definition) is 4. The zero-order valence-corrected chi connectivity index (χ0v) is 17.5. The van der Waals surface area contributed by atoms with E-state index in [1.54, 1.807) is 11.1 Å². The third-order valence-corrected chi connectivity index (χ3v) is 6.27. The molecule has 2 aliphatic rings. The molecule has 5 nitrogen and oxygen atoms in total. The molecule has 2 heterocycles. The van der Waals surface area contributed by atoms with Crippen molar-refractivity contribution in [3.05, 3.63) is 94.1 Å². The highest BCUT2D eigenvalue weighted by Crippen LogP contribution is 2.47. The van der Waals surface area contributed by atoms with E-state index >= 15 is 0 Å². The molecule has 0 unspecified atom stereocenters. The number of benzene rings is 3. The monoisotopic (exact) mass is 496 g/mol. The van der Waals surface area contributed by atoms with Crippen LogP contribution in [-0.2, 0) is 14.4 Å². The number of amides is 2. The van der Waals surface area contributed by atoms with Crippen LogP contribution in [0.3, 0.4) is 0 Å².